The fraction of sp³-hybridized carbons (Fsp3) is 0.417. The van der Waals surface area contributed by atoms with Gasteiger partial charge in [-0.05, 0) is 37.5 Å². The Morgan fingerprint density at radius 3 is 2.76 bits per heavy atom. The summed E-state index contributed by atoms with van der Waals surface area (Å²) in [7, 11) is 1.55. The third-order valence-corrected chi connectivity index (χ3v) is 3.15. The maximum atomic E-state index is 11.6. The standard InChI is InChI=1S/C12H15ClN2O2/c1-17-11-6-5-9(7-10(11)13)15-12(16)14-8-3-2-4-8/h5-8H,2-4H2,1H3,(H2,14,15,16). The molecule has 17 heavy (non-hydrogen) atoms. The Balaban J connectivity index is 1.93. The normalized spacial score (nSPS) is 14.9. The summed E-state index contributed by atoms with van der Waals surface area (Å²) >= 11 is 5.96. The highest BCUT2D eigenvalue weighted by molar-refractivity contribution is 6.32. The van der Waals surface area contributed by atoms with Crippen LogP contribution in [0.25, 0.3) is 0 Å². The molecular weight excluding hydrogens is 240 g/mol. The number of amides is 2. The van der Waals surface area contributed by atoms with Crippen molar-refractivity contribution < 1.29 is 9.53 Å². The minimum absolute atomic E-state index is 0.184. The van der Waals surface area contributed by atoms with Crippen LogP contribution in [-0.4, -0.2) is 19.2 Å². The lowest BCUT2D eigenvalue weighted by molar-refractivity contribution is 0.240. The molecule has 92 valence electrons. The maximum absolute atomic E-state index is 11.6. The minimum atomic E-state index is -0.184. The number of hydrogen-bond donors (Lipinski definition) is 2. The monoisotopic (exact) mass is 254 g/mol. The first-order chi connectivity index (χ1) is 8.19. The fourth-order valence-electron chi connectivity index (χ4n) is 1.65. The van der Waals surface area contributed by atoms with Crippen molar-refractivity contribution in [2.24, 2.45) is 0 Å². The molecule has 0 atom stereocenters. The van der Waals surface area contributed by atoms with Crippen LogP contribution in [0, 0.1) is 0 Å². The van der Waals surface area contributed by atoms with Crippen molar-refractivity contribution in [1.29, 1.82) is 0 Å². The third-order valence-electron chi connectivity index (χ3n) is 2.85. The summed E-state index contributed by atoms with van der Waals surface area (Å²) < 4.78 is 5.04. The number of halogens is 1. The topological polar surface area (TPSA) is 50.4 Å². The van der Waals surface area contributed by atoms with Crippen LogP contribution < -0.4 is 15.4 Å². The highest BCUT2D eigenvalue weighted by atomic mass is 35.5. The maximum Gasteiger partial charge on any atom is 0.319 e. The Labute approximate surface area is 105 Å². The van der Waals surface area contributed by atoms with Crippen molar-refractivity contribution in [2.45, 2.75) is 25.3 Å². The molecule has 1 aliphatic rings. The van der Waals surface area contributed by atoms with E-state index in [9.17, 15) is 4.79 Å². The van der Waals surface area contributed by atoms with Gasteiger partial charge in [-0.3, -0.25) is 0 Å². The number of nitrogens with one attached hydrogen (secondary N) is 2. The van der Waals surface area contributed by atoms with E-state index in [-0.39, 0.29) is 6.03 Å². The van der Waals surface area contributed by atoms with Crippen LogP contribution in [0.1, 0.15) is 19.3 Å². The van der Waals surface area contributed by atoms with E-state index in [2.05, 4.69) is 10.6 Å². The lowest BCUT2D eigenvalue weighted by Gasteiger charge is -2.26. The molecule has 2 N–H and O–H groups in total. The van der Waals surface area contributed by atoms with Crippen LogP contribution in [0.2, 0.25) is 5.02 Å². The van der Waals surface area contributed by atoms with Crippen molar-refractivity contribution >= 4 is 23.3 Å². The summed E-state index contributed by atoms with van der Waals surface area (Å²) in [5, 5.41) is 6.11. The van der Waals surface area contributed by atoms with Crippen LogP contribution in [0.4, 0.5) is 10.5 Å². The van der Waals surface area contributed by atoms with Gasteiger partial charge in [0.1, 0.15) is 5.75 Å². The van der Waals surface area contributed by atoms with Gasteiger partial charge in [-0.25, -0.2) is 4.79 Å². The molecule has 1 aromatic rings. The van der Waals surface area contributed by atoms with Gasteiger partial charge in [0, 0.05) is 11.7 Å². The molecule has 1 fully saturated rings. The quantitative estimate of drug-likeness (QED) is 0.871. The number of anilines is 1. The molecule has 1 aromatic carbocycles. The summed E-state index contributed by atoms with van der Waals surface area (Å²) in [5.74, 6) is 0.594. The Morgan fingerprint density at radius 2 is 2.24 bits per heavy atom. The summed E-state index contributed by atoms with van der Waals surface area (Å²) in [6.45, 7) is 0. The molecule has 0 aliphatic heterocycles. The molecule has 0 saturated heterocycles. The lowest BCUT2D eigenvalue weighted by atomic mass is 9.93. The van der Waals surface area contributed by atoms with Crippen molar-refractivity contribution in [1.82, 2.24) is 5.32 Å². The number of rotatable bonds is 3. The molecule has 0 heterocycles. The molecule has 1 aliphatic carbocycles. The SMILES string of the molecule is COc1ccc(NC(=O)NC2CCC2)cc1Cl. The van der Waals surface area contributed by atoms with E-state index in [1.807, 2.05) is 0 Å². The zero-order chi connectivity index (χ0) is 12.3. The second kappa shape index (κ2) is 5.27. The fourth-order valence-corrected chi connectivity index (χ4v) is 1.91. The van der Waals surface area contributed by atoms with Crippen LogP contribution in [0.15, 0.2) is 18.2 Å². The van der Waals surface area contributed by atoms with Crippen molar-refractivity contribution in [3.05, 3.63) is 23.2 Å². The zero-order valence-corrected chi connectivity index (χ0v) is 10.4. The average Bonchev–Trinajstić information content (AvgIpc) is 2.24. The van der Waals surface area contributed by atoms with Crippen molar-refractivity contribution in [3.63, 3.8) is 0 Å². The molecule has 1 saturated carbocycles. The van der Waals surface area contributed by atoms with Crippen molar-refractivity contribution in [2.75, 3.05) is 12.4 Å². The van der Waals surface area contributed by atoms with Gasteiger partial charge in [0.05, 0.1) is 12.1 Å². The van der Waals surface area contributed by atoms with Gasteiger partial charge < -0.3 is 15.4 Å². The van der Waals surface area contributed by atoms with E-state index in [4.69, 9.17) is 16.3 Å². The molecule has 0 bridgehead atoms. The molecule has 2 amide bonds. The largest absolute Gasteiger partial charge is 0.495 e. The number of urea groups is 1. The first-order valence-corrected chi connectivity index (χ1v) is 5.98. The van der Waals surface area contributed by atoms with Crippen LogP contribution in [-0.2, 0) is 0 Å². The first kappa shape index (κ1) is 12.0. The Morgan fingerprint density at radius 1 is 1.47 bits per heavy atom. The number of benzene rings is 1. The summed E-state index contributed by atoms with van der Waals surface area (Å²) in [4.78, 5) is 11.6. The number of carbonyl (C=O) groups is 1. The minimum Gasteiger partial charge on any atom is -0.495 e. The smallest absolute Gasteiger partial charge is 0.319 e. The number of methoxy groups -OCH3 is 1. The molecule has 0 radical (unpaired) electrons. The van der Waals surface area contributed by atoms with Gasteiger partial charge in [-0.15, -0.1) is 0 Å². The Bertz CT molecular complexity index is 419. The predicted molar refractivity (Wildman–Crippen MR) is 67.8 cm³/mol. The van der Waals surface area contributed by atoms with E-state index < -0.39 is 0 Å². The van der Waals surface area contributed by atoms with Gasteiger partial charge >= 0.3 is 6.03 Å². The summed E-state index contributed by atoms with van der Waals surface area (Å²) in [6, 6.07) is 5.28. The second-order valence-electron chi connectivity index (χ2n) is 4.08. The highest BCUT2D eigenvalue weighted by Gasteiger charge is 2.19. The van der Waals surface area contributed by atoms with E-state index in [1.165, 1.54) is 6.42 Å². The highest BCUT2D eigenvalue weighted by Crippen LogP contribution is 2.27. The molecule has 0 aromatic heterocycles. The zero-order valence-electron chi connectivity index (χ0n) is 9.63. The van der Waals surface area contributed by atoms with E-state index in [0.717, 1.165) is 12.8 Å². The van der Waals surface area contributed by atoms with Crippen LogP contribution in [0.5, 0.6) is 5.75 Å². The van der Waals surface area contributed by atoms with Crippen LogP contribution in [0.3, 0.4) is 0 Å². The number of carbonyl (C=O) groups excluding carboxylic acids is 1. The molecule has 0 unspecified atom stereocenters. The summed E-state index contributed by atoms with van der Waals surface area (Å²) in [5.41, 5.74) is 0.660. The van der Waals surface area contributed by atoms with Gasteiger partial charge in [-0.1, -0.05) is 11.6 Å². The lowest BCUT2D eigenvalue weighted by Crippen LogP contribution is -2.41. The van der Waals surface area contributed by atoms with Crippen LogP contribution >= 0.6 is 11.6 Å². The molecule has 0 spiro atoms. The molecule has 2 rings (SSSR count). The van der Waals surface area contributed by atoms with E-state index in [0.29, 0.717) is 22.5 Å². The molecular formula is C12H15ClN2O2. The second-order valence-corrected chi connectivity index (χ2v) is 4.48. The summed E-state index contributed by atoms with van der Waals surface area (Å²) in [6.07, 6.45) is 3.33. The first-order valence-electron chi connectivity index (χ1n) is 5.60. The average molecular weight is 255 g/mol. The molecule has 5 heteroatoms. The molecule has 4 nitrogen and oxygen atoms in total. The van der Waals surface area contributed by atoms with Crippen molar-refractivity contribution in [3.8, 4) is 5.75 Å². The van der Waals surface area contributed by atoms with Gasteiger partial charge in [0.25, 0.3) is 0 Å². The van der Waals surface area contributed by atoms with E-state index >= 15 is 0 Å². The van der Waals surface area contributed by atoms with Gasteiger partial charge in [0.2, 0.25) is 0 Å². The van der Waals surface area contributed by atoms with Gasteiger partial charge in [-0.2, -0.15) is 0 Å². The third kappa shape index (κ3) is 3.03. The van der Waals surface area contributed by atoms with E-state index in [1.54, 1.807) is 25.3 Å². The predicted octanol–water partition coefficient (Wildman–Crippen LogP) is 3.02. The van der Waals surface area contributed by atoms with Gasteiger partial charge in [0.15, 0.2) is 0 Å². The number of ether oxygens (including phenoxy) is 1. The Kier molecular flexibility index (Phi) is 3.74. The number of hydrogen-bond acceptors (Lipinski definition) is 2. The Hall–Kier alpha value is -1.42.